The van der Waals surface area contributed by atoms with Gasteiger partial charge in [0.15, 0.2) is 0 Å². The van der Waals surface area contributed by atoms with Crippen molar-refractivity contribution in [1.82, 2.24) is 4.31 Å². The van der Waals surface area contributed by atoms with Crippen LogP contribution in [0.2, 0.25) is 0 Å². The maximum Gasteiger partial charge on any atom is 0.405 e. The maximum absolute atomic E-state index is 12.9. The summed E-state index contributed by atoms with van der Waals surface area (Å²) in [5.41, 5.74) is 0.889. The Hall–Kier alpha value is -2.63. The van der Waals surface area contributed by atoms with E-state index in [0.717, 1.165) is 0 Å². The van der Waals surface area contributed by atoms with E-state index in [4.69, 9.17) is 4.74 Å². The molecule has 0 saturated carbocycles. The number of halogens is 3. The van der Waals surface area contributed by atoms with Crippen LogP contribution in [0.3, 0.4) is 0 Å². The van der Waals surface area contributed by atoms with Gasteiger partial charge in [-0.25, -0.2) is 8.42 Å². The highest BCUT2D eigenvalue weighted by Gasteiger charge is 2.28. The predicted octanol–water partition coefficient (Wildman–Crippen LogP) is 3.24. The number of rotatable bonds is 6. The molecule has 11 heteroatoms. The normalized spacial score (nSPS) is 15.5. The molecule has 1 heterocycles. The molecule has 0 aromatic heterocycles. The molecule has 2 aromatic carbocycles. The van der Waals surface area contributed by atoms with Gasteiger partial charge >= 0.3 is 6.18 Å². The van der Waals surface area contributed by atoms with Crippen molar-refractivity contribution in [1.29, 1.82) is 0 Å². The van der Waals surface area contributed by atoms with E-state index in [-0.39, 0.29) is 34.9 Å². The van der Waals surface area contributed by atoms with E-state index < -0.39 is 28.7 Å². The SMILES string of the molecule is Cc1ccc(S(=O)(=O)N2CCOCC2)cc1C(=O)Nc1ccccc1NCC(F)(F)F. The number of amides is 1. The smallest absolute Gasteiger partial charge is 0.379 e. The number of para-hydroxylation sites is 2. The molecule has 1 amide bonds. The molecule has 1 saturated heterocycles. The predicted molar refractivity (Wildman–Crippen MR) is 110 cm³/mol. The number of anilines is 2. The zero-order valence-electron chi connectivity index (χ0n) is 16.7. The van der Waals surface area contributed by atoms with Gasteiger partial charge in [-0.15, -0.1) is 0 Å². The van der Waals surface area contributed by atoms with Crippen LogP contribution in [0.25, 0.3) is 0 Å². The molecule has 2 N–H and O–H groups in total. The Balaban J connectivity index is 1.84. The molecule has 7 nitrogen and oxygen atoms in total. The van der Waals surface area contributed by atoms with Crippen LogP contribution < -0.4 is 10.6 Å². The molecule has 0 aliphatic carbocycles. The van der Waals surface area contributed by atoms with Crippen LogP contribution in [0.1, 0.15) is 15.9 Å². The summed E-state index contributed by atoms with van der Waals surface area (Å²) in [5.74, 6) is -0.627. The van der Waals surface area contributed by atoms with Gasteiger partial charge in [-0.1, -0.05) is 18.2 Å². The first kappa shape index (κ1) is 23.0. The summed E-state index contributed by atoms with van der Waals surface area (Å²) in [5, 5.41) is 4.81. The highest BCUT2D eigenvalue weighted by atomic mass is 32.2. The molecule has 0 spiro atoms. The number of alkyl halides is 3. The number of hydrogen-bond donors (Lipinski definition) is 2. The third-order valence-electron chi connectivity index (χ3n) is 4.72. The van der Waals surface area contributed by atoms with Crippen LogP contribution in [0.4, 0.5) is 24.5 Å². The third-order valence-corrected chi connectivity index (χ3v) is 6.61. The molecule has 31 heavy (non-hydrogen) atoms. The van der Waals surface area contributed by atoms with Gasteiger partial charge in [0.1, 0.15) is 6.54 Å². The second-order valence-corrected chi connectivity index (χ2v) is 8.90. The average molecular weight is 457 g/mol. The fourth-order valence-corrected chi connectivity index (χ4v) is 4.51. The lowest BCUT2D eigenvalue weighted by Gasteiger charge is -2.26. The van der Waals surface area contributed by atoms with Gasteiger partial charge in [-0.05, 0) is 36.8 Å². The number of nitrogens with one attached hydrogen (secondary N) is 2. The maximum atomic E-state index is 12.9. The minimum Gasteiger partial charge on any atom is -0.379 e. The molecule has 1 fully saturated rings. The monoisotopic (exact) mass is 457 g/mol. The third kappa shape index (κ3) is 5.75. The molecule has 0 radical (unpaired) electrons. The van der Waals surface area contributed by atoms with Crippen molar-refractivity contribution in [3.63, 3.8) is 0 Å². The van der Waals surface area contributed by atoms with E-state index in [0.29, 0.717) is 18.8 Å². The van der Waals surface area contributed by atoms with E-state index in [2.05, 4.69) is 10.6 Å². The quantitative estimate of drug-likeness (QED) is 0.696. The Morgan fingerprint density at radius 2 is 1.74 bits per heavy atom. The summed E-state index contributed by atoms with van der Waals surface area (Å²) < 4.78 is 69.9. The zero-order valence-corrected chi connectivity index (χ0v) is 17.5. The summed E-state index contributed by atoms with van der Waals surface area (Å²) in [6.45, 7) is 1.41. The van der Waals surface area contributed by atoms with Crippen LogP contribution in [0, 0.1) is 6.92 Å². The number of carbonyl (C=O) groups excluding carboxylic acids is 1. The molecule has 1 aliphatic heterocycles. The van der Waals surface area contributed by atoms with Gasteiger partial charge in [0.2, 0.25) is 10.0 Å². The molecule has 0 unspecified atom stereocenters. The number of nitrogens with zero attached hydrogens (tertiary/aromatic N) is 1. The van der Waals surface area contributed by atoms with Gasteiger partial charge in [0, 0.05) is 18.7 Å². The van der Waals surface area contributed by atoms with Crippen molar-refractivity contribution in [2.45, 2.75) is 18.0 Å². The molecule has 0 bridgehead atoms. The zero-order chi connectivity index (χ0) is 22.6. The Bertz CT molecular complexity index is 1050. The molecule has 3 rings (SSSR count). The lowest BCUT2D eigenvalue weighted by atomic mass is 10.1. The highest BCUT2D eigenvalue weighted by Crippen LogP contribution is 2.26. The second kappa shape index (κ2) is 9.25. The van der Waals surface area contributed by atoms with Gasteiger partial charge in [-0.2, -0.15) is 17.5 Å². The van der Waals surface area contributed by atoms with Gasteiger partial charge in [0.05, 0.1) is 29.5 Å². The Morgan fingerprint density at radius 3 is 2.39 bits per heavy atom. The number of carbonyl (C=O) groups is 1. The van der Waals surface area contributed by atoms with Crippen molar-refractivity contribution in [2.75, 3.05) is 43.5 Å². The Kier molecular flexibility index (Phi) is 6.87. The van der Waals surface area contributed by atoms with E-state index in [1.807, 2.05) is 0 Å². The molecular formula is C20H22F3N3O4S. The lowest BCUT2D eigenvalue weighted by molar-refractivity contribution is -0.115. The van der Waals surface area contributed by atoms with Gasteiger partial charge in [0.25, 0.3) is 5.91 Å². The van der Waals surface area contributed by atoms with Crippen LogP contribution in [-0.2, 0) is 14.8 Å². The lowest BCUT2D eigenvalue weighted by Crippen LogP contribution is -2.40. The van der Waals surface area contributed by atoms with Crippen molar-refractivity contribution in [3.8, 4) is 0 Å². The number of sulfonamides is 1. The molecular weight excluding hydrogens is 435 g/mol. The molecule has 2 aromatic rings. The first-order valence-electron chi connectivity index (χ1n) is 9.47. The van der Waals surface area contributed by atoms with Crippen molar-refractivity contribution >= 4 is 27.3 Å². The topological polar surface area (TPSA) is 87.7 Å². The van der Waals surface area contributed by atoms with Crippen LogP contribution in [-0.4, -0.2) is 57.7 Å². The second-order valence-electron chi connectivity index (χ2n) is 6.96. The fourth-order valence-electron chi connectivity index (χ4n) is 3.07. The summed E-state index contributed by atoms with van der Waals surface area (Å²) in [6, 6.07) is 10.2. The van der Waals surface area contributed by atoms with E-state index in [1.54, 1.807) is 13.0 Å². The van der Waals surface area contributed by atoms with Crippen LogP contribution in [0.15, 0.2) is 47.4 Å². The molecule has 0 atom stereocenters. The number of benzene rings is 2. The van der Waals surface area contributed by atoms with Crippen molar-refractivity contribution < 1.29 is 31.1 Å². The number of aryl methyl sites for hydroxylation is 1. The van der Waals surface area contributed by atoms with E-state index in [1.165, 1.54) is 40.7 Å². The number of morpholine rings is 1. The number of ether oxygens (including phenoxy) is 1. The van der Waals surface area contributed by atoms with Gasteiger partial charge < -0.3 is 15.4 Å². The molecule has 168 valence electrons. The Labute approximate surface area is 178 Å². The summed E-state index contributed by atoms with van der Waals surface area (Å²) >= 11 is 0. The summed E-state index contributed by atoms with van der Waals surface area (Å²) in [4.78, 5) is 12.8. The summed E-state index contributed by atoms with van der Waals surface area (Å²) in [7, 11) is -3.80. The van der Waals surface area contributed by atoms with Crippen LogP contribution in [0.5, 0.6) is 0 Å². The van der Waals surface area contributed by atoms with Gasteiger partial charge in [-0.3, -0.25) is 4.79 Å². The van der Waals surface area contributed by atoms with E-state index in [9.17, 15) is 26.4 Å². The highest BCUT2D eigenvalue weighted by molar-refractivity contribution is 7.89. The van der Waals surface area contributed by atoms with Crippen molar-refractivity contribution in [3.05, 3.63) is 53.6 Å². The van der Waals surface area contributed by atoms with E-state index >= 15 is 0 Å². The van der Waals surface area contributed by atoms with Crippen molar-refractivity contribution in [2.24, 2.45) is 0 Å². The minimum absolute atomic E-state index is 0.0337. The number of hydrogen-bond acceptors (Lipinski definition) is 5. The average Bonchev–Trinajstić information content (AvgIpc) is 2.73. The standard InChI is InChI=1S/C20H22F3N3O4S/c1-14-6-7-15(31(28,29)26-8-10-30-11-9-26)12-16(14)19(27)25-18-5-3-2-4-17(18)24-13-20(21,22)23/h2-7,12,24H,8-11,13H2,1H3,(H,25,27). The largest absolute Gasteiger partial charge is 0.405 e. The fraction of sp³-hybridized carbons (Fsp3) is 0.350. The van der Waals surface area contributed by atoms with Crippen LogP contribution >= 0.6 is 0 Å². The summed E-state index contributed by atoms with van der Waals surface area (Å²) in [6.07, 6.45) is -4.42. The Morgan fingerprint density at radius 1 is 1.10 bits per heavy atom. The molecule has 1 aliphatic rings. The first-order valence-corrected chi connectivity index (χ1v) is 10.9. The first-order chi connectivity index (χ1) is 14.6. The minimum atomic E-state index is -4.42.